The van der Waals surface area contributed by atoms with Crippen LogP contribution < -0.4 is 5.73 Å². The summed E-state index contributed by atoms with van der Waals surface area (Å²) in [6.45, 7) is 0.472. The molecule has 2 aromatic carbocycles. The fraction of sp³-hybridized carbons (Fsp3) is 0.250. The Kier molecular flexibility index (Phi) is 5.26. The summed E-state index contributed by atoms with van der Waals surface area (Å²) in [5.74, 6) is -0.941. The SMILES string of the molecule is NCC(Cc1cc(F)cc(F)c1)Cc1ccccc1Br. The molecule has 1 atom stereocenters. The van der Waals surface area contributed by atoms with Crippen molar-refractivity contribution in [2.24, 2.45) is 11.7 Å². The molecule has 0 fully saturated rings. The van der Waals surface area contributed by atoms with E-state index in [4.69, 9.17) is 5.73 Å². The molecular weight excluding hydrogens is 324 g/mol. The molecule has 2 rings (SSSR count). The lowest BCUT2D eigenvalue weighted by molar-refractivity contribution is 0.523. The van der Waals surface area contributed by atoms with Crippen molar-refractivity contribution in [1.29, 1.82) is 0 Å². The third-order valence-corrected chi connectivity index (χ3v) is 4.02. The molecule has 0 bridgehead atoms. The molecule has 0 aromatic heterocycles. The second kappa shape index (κ2) is 6.95. The van der Waals surface area contributed by atoms with E-state index in [1.807, 2.05) is 24.3 Å². The second-order valence-electron chi connectivity index (χ2n) is 4.88. The van der Waals surface area contributed by atoms with E-state index in [0.29, 0.717) is 18.5 Å². The van der Waals surface area contributed by atoms with Gasteiger partial charge in [-0.15, -0.1) is 0 Å². The Balaban J connectivity index is 2.11. The number of halogens is 3. The lowest BCUT2D eigenvalue weighted by Gasteiger charge is -2.16. The Hall–Kier alpha value is -1.26. The number of rotatable bonds is 5. The standard InChI is InChI=1S/C16H16BrF2N/c17-16-4-2-1-3-13(16)6-12(10-20)5-11-7-14(18)9-15(19)8-11/h1-4,7-9,12H,5-6,10,20H2. The van der Waals surface area contributed by atoms with Crippen molar-refractivity contribution in [3.63, 3.8) is 0 Å². The lowest BCUT2D eigenvalue weighted by Crippen LogP contribution is -2.19. The van der Waals surface area contributed by atoms with Gasteiger partial charge in [0.05, 0.1) is 0 Å². The first-order valence-electron chi connectivity index (χ1n) is 6.47. The maximum atomic E-state index is 13.2. The van der Waals surface area contributed by atoms with Gasteiger partial charge >= 0.3 is 0 Å². The van der Waals surface area contributed by atoms with Gasteiger partial charge in [0.1, 0.15) is 11.6 Å². The summed E-state index contributed by atoms with van der Waals surface area (Å²) in [4.78, 5) is 0. The maximum Gasteiger partial charge on any atom is 0.126 e. The monoisotopic (exact) mass is 339 g/mol. The van der Waals surface area contributed by atoms with Crippen molar-refractivity contribution in [3.8, 4) is 0 Å². The molecule has 0 aliphatic carbocycles. The average molecular weight is 340 g/mol. The number of hydrogen-bond acceptors (Lipinski definition) is 1. The Labute approximate surface area is 125 Å². The van der Waals surface area contributed by atoms with Gasteiger partial charge in [0.25, 0.3) is 0 Å². The van der Waals surface area contributed by atoms with Crippen molar-refractivity contribution >= 4 is 15.9 Å². The van der Waals surface area contributed by atoms with E-state index in [1.165, 1.54) is 12.1 Å². The molecule has 20 heavy (non-hydrogen) atoms. The number of nitrogens with two attached hydrogens (primary N) is 1. The summed E-state index contributed by atoms with van der Waals surface area (Å²) >= 11 is 3.50. The summed E-state index contributed by atoms with van der Waals surface area (Å²) in [5.41, 5.74) is 7.59. The van der Waals surface area contributed by atoms with Crippen molar-refractivity contribution < 1.29 is 8.78 Å². The van der Waals surface area contributed by atoms with E-state index in [1.54, 1.807) is 0 Å². The average Bonchev–Trinajstić information content (AvgIpc) is 2.39. The zero-order valence-corrected chi connectivity index (χ0v) is 12.5. The van der Waals surface area contributed by atoms with Crippen LogP contribution in [0.3, 0.4) is 0 Å². The number of hydrogen-bond donors (Lipinski definition) is 1. The van der Waals surface area contributed by atoms with Crippen LogP contribution in [0.2, 0.25) is 0 Å². The van der Waals surface area contributed by atoms with Gasteiger partial charge in [-0.2, -0.15) is 0 Å². The molecule has 106 valence electrons. The van der Waals surface area contributed by atoms with Gasteiger partial charge < -0.3 is 5.73 Å². The normalized spacial score (nSPS) is 12.4. The largest absolute Gasteiger partial charge is 0.330 e. The van der Waals surface area contributed by atoms with Crippen LogP contribution in [0.25, 0.3) is 0 Å². The maximum absolute atomic E-state index is 13.2. The van der Waals surface area contributed by atoms with Crippen LogP contribution in [-0.4, -0.2) is 6.54 Å². The molecule has 0 saturated heterocycles. The lowest BCUT2D eigenvalue weighted by atomic mass is 9.92. The molecular formula is C16H16BrF2N. The predicted octanol–water partition coefficient (Wildman–Crippen LogP) is 4.09. The predicted molar refractivity (Wildman–Crippen MR) is 80.5 cm³/mol. The molecule has 1 unspecified atom stereocenters. The molecule has 2 aromatic rings. The summed E-state index contributed by atoms with van der Waals surface area (Å²) in [5, 5.41) is 0. The van der Waals surface area contributed by atoms with E-state index >= 15 is 0 Å². The van der Waals surface area contributed by atoms with Gasteiger partial charge in [0.2, 0.25) is 0 Å². The van der Waals surface area contributed by atoms with Crippen LogP contribution in [0.15, 0.2) is 46.9 Å². The van der Waals surface area contributed by atoms with E-state index in [2.05, 4.69) is 15.9 Å². The molecule has 0 aliphatic heterocycles. The van der Waals surface area contributed by atoms with Gasteiger partial charge in [-0.1, -0.05) is 34.1 Å². The van der Waals surface area contributed by atoms with Crippen LogP contribution in [0.4, 0.5) is 8.78 Å². The van der Waals surface area contributed by atoms with Crippen LogP contribution >= 0.6 is 15.9 Å². The van der Waals surface area contributed by atoms with Gasteiger partial charge in [-0.25, -0.2) is 8.78 Å². The Morgan fingerprint density at radius 1 is 1.00 bits per heavy atom. The molecule has 0 amide bonds. The van der Waals surface area contributed by atoms with Gasteiger partial charge in [0, 0.05) is 10.5 Å². The molecule has 2 N–H and O–H groups in total. The number of benzene rings is 2. The zero-order chi connectivity index (χ0) is 14.5. The van der Waals surface area contributed by atoms with Gasteiger partial charge in [0.15, 0.2) is 0 Å². The van der Waals surface area contributed by atoms with Crippen molar-refractivity contribution in [3.05, 3.63) is 69.7 Å². The minimum Gasteiger partial charge on any atom is -0.330 e. The molecule has 0 radical (unpaired) electrons. The first kappa shape index (κ1) is 15.1. The zero-order valence-electron chi connectivity index (χ0n) is 11.0. The van der Waals surface area contributed by atoms with Crippen molar-refractivity contribution in [1.82, 2.24) is 0 Å². The third kappa shape index (κ3) is 4.12. The second-order valence-corrected chi connectivity index (χ2v) is 5.73. The van der Waals surface area contributed by atoms with E-state index in [-0.39, 0.29) is 5.92 Å². The molecule has 0 spiro atoms. The van der Waals surface area contributed by atoms with Crippen molar-refractivity contribution in [2.75, 3.05) is 6.54 Å². The van der Waals surface area contributed by atoms with Crippen LogP contribution in [0.5, 0.6) is 0 Å². The van der Waals surface area contributed by atoms with E-state index in [0.717, 1.165) is 22.5 Å². The summed E-state index contributed by atoms with van der Waals surface area (Å²) in [6, 6.07) is 11.5. The minimum absolute atomic E-state index is 0.148. The summed E-state index contributed by atoms with van der Waals surface area (Å²) < 4.78 is 27.4. The smallest absolute Gasteiger partial charge is 0.126 e. The molecule has 1 nitrogen and oxygen atoms in total. The summed E-state index contributed by atoms with van der Waals surface area (Å²) in [7, 11) is 0. The topological polar surface area (TPSA) is 26.0 Å². The quantitative estimate of drug-likeness (QED) is 0.872. The molecule has 0 heterocycles. The Morgan fingerprint density at radius 3 is 2.25 bits per heavy atom. The first-order valence-corrected chi connectivity index (χ1v) is 7.26. The fourth-order valence-electron chi connectivity index (χ4n) is 2.28. The van der Waals surface area contributed by atoms with Gasteiger partial charge in [-0.3, -0.25) is 0 Å². The minimum atomic E-state index is -0.545. The third-order valence-electron chi connectivity index (χ3n) is 3.25. The van der Waals surface area contributed by atoms with Gasteiger partial charge in [-0.05, 0) is 54.6 Å². The summed E-state index contributed by atoms with van der Waals surface area (Å²) in [6.07, 6.45) is 1.34. The fourth-order valence-corrected chi connectivity index (χ4v) is 2.72. The highest BCUT2D eigenvalue weighted by atomic mass is 79.9. The molecule has 0 saturated carbocycles. The highest BCUT2D eigenvalue weighted by Gasteiger charge is 2.12. The highest BCUT2D eigenvalue weighted by Crippen LogP contribution is 2.21. The highest BCUT2D eigenvalue weighted by molar-refractivity contribution is 9.10. The van der Waals surface area contributed by atoms with Crippen LogP contribution in [0, 0.1) is 17.6 Å². The first-order chi connectivity index (χ1) is 9.58. The molecule has 4 heteroatoms. The Bertz CT molecular complexity index is 566. The Morgan fingerprint density at radius 2 is 1.65 bits per heavy atom. The van der Waals surface area contributed by atoms with Crippen LogP contribution in [0.1, 0.15) is 11.1 Å². The van der Waals surface area contributed by atoms with E-state index in [9.17, 15) is 8.78 Å². The van der Waals surface area contributed by atoms with Crippen LogP contribution in [-0.2, 0) is 12.8 Å². The molecule has 0 aliphatic rings. The van der Waals surface area contributed by atoms with Crippen molar-refractivity contribution in [2.45, 2.75) is 12.8 Å². The van der Waals surface area contributed by atoms with E-state index < -0.39 is 11.6 Å².